The number of benzene rings is 4. The van der Waals surface area contributed by atoms with Crippen molar-refractivity contribution in [1.82, 2.24) is 0 Å². The molecule has 0 unspecified atom stereocenters. The van der Waals surface area contributed by atoms with E-state index in [-0.39, 0.29) is 0 Å². The predicted octanol–water partition coefficient (Wildman–Crippen LogP) is 8.30. The van der Waals surface area contributed by atoms with Crippen LogP contribution in [0.2, 0.25) is 0 Å². The van der Waals surface area contributed by atoms with Crippen molar-refractivity contribution < 1.29 is 29.4 Å². The highest BCUT2D eigenvalue weighted by Gasteiger charge is 2.28. The molecular weight excluding hydrogens is 604 g/mol. The molecule has 8 heteroatoms. The van der Waals surface area contributed by atoms with Crippen molar-refractivity contribution in [3.05, 3.63) is 105 Å². The van der Waals surface area contributed by atoms with Gasteiger partial charge in [0.2, 0.25) is 0 Å². The van der Waals surface area contributed by atoms with E-state index in [2.05, 4.69) is 0 Å². The Kier molecular flexibility index (Phi) is 9.90. The Balaban J connectivity index is 1.83. The third kappa shape index (κ3) is 6.91. The minimum absolute atomic E-state index is 0.469. The second-order valence-electron chi connectivity index (χ2n) is 14.5. The van der Waals surface area contributed by atoms with Crippen LogP contribution in [0.15, 0.2) is 60.7 Å². The van der Waals surface area contributed by atoms with Crippen LogP contribution in [0.3, 0.4) is 0 Å². The Hall–Kier alpha value is -4.40. The third-order valence-electron chi connectivity index (χ3n) is 8.84. The van der Waals surface area contributed by atoms with E-state index in [9.17, 15) is 10.4 Å². The number of methoxy groups -OCH3 is 4. The summed E-state index contributed by atoms with van der Waals surface area (Å²) in [4.78, 5) is 0. The summed E-state index contributed by atoms with van der Waals surface area (Å²) in [6.45, 7) is 11.4. The predicted molar refractivity (Wildman–Crippen MR) is 189 cm³/mol. The number of hydroxylamine groups is 2. The van der Waals surface area contributed by atoms with Crippen LogP contribution in [-0.2, 0) is 36.1 Å². The third-order valence-corrected chi connectivity index (χ3v) is 8.84. The van der Waals surface area contributed by atoms with Gasteiger partial charge in [0.1, 0.15) is 23.0 Å². The molecule has 0 fully saturated rings. The number of hydrogen-bond donors (Lipinski definition) is 0. The summed E-state index contributed by atoms with van der Waals surface area (Å²) in [5, 5.41) is 29.4. The zero-order valence-electron chi connectivity index (χ0n) is 29.9. The summed E-state index contributed by atoms with van der Waals surface area (Å²) in [5.41, 5.74) is 7.14. The van der Waals surface area contributed by atoms with Crippen LogP contribution < -0.4 is 29.1 Å². The summed E-state index contributed by atoms with van der Waals surface area (Å²) in [6.07, 6.45) is 1.88. The zero-order valence-corrected chi connectivity index (χ0v) is 29.9. The van der Waals surface area contributed by atoms with Crippen LogP contribution in [0.5, 0.6) is 23.0 Å². The first-order valence-corrected chi connectivity index (χ1v) is 16.3. The fourth-order valence-corrected chi connectivity index (χ4v) is 6.71. The second-order valence-corrected chi connectivity index (χ2v) is 14.5. The van der Waals surface area contributed by atoms with Crippen LogP contribution in [0.25, 0.3) is 0 Å². The first-order valence-electron chi connectivity index (χ1n) is 16.3. The SMILES string of the molecule is COc1c2cccc1Cc1cc(N([O])C(C)(C)C)cc(c1OC)Cc1cccc(c1OC)Cc1cc(N([O])C(C)(C)C)cc(c1OC)C2. The zero-order chi connectivity index (χ0) is 35.0. The van der Waals surface area contributed by atoms with Crippen LogP contribution in [0.1, 0.15) is 86.1 Å². The monoisotopic (exact) mass is 652 g/mol. The average molecular weight is 653 g/mol. The second kappa shape index (κ2) is 13.6. The molecule has 5 rings (SSSR count). The number of ether oxygens (including phenoxy) is 4. The highest BCUT2D eigenvalue weighted by Crippen LogP contribution is 2.42. The highest BCUT2D eigenvalue weighted by molar-refractivity contribution is 5.63. The van der Waals surface area contributed by atoms with Crippen molar-refractivity contribution in [1.29, 1.82) is 0 Å². The van der Waals surface area contributed by atoms with E-state index >= 15 is 0 Å². The average Bonchev–Trinajstić information content (AvgIpc) is 3.03. The molecule has 0 heterocycles. The smallest absolute Gasteiger partial charge is 0.126 e. The van der Waals surface area contributed by atoms with Crippen molar-refractivity contribution in [2.45, 2.75) is 78.3 Å². The number of fused-ring (bicyclic) bond motifs is 8. The van der Waals surface area contributed by atoms with Gasteiger partial charge >= 0.3 is 0 Å². The number of nitrogens with zero attached hydrogens (tertiary/aromatic N) is 2. The molecule has 0 aliphatic heterocycles. The van der Waals surface area contributed by atoms with E-state index in [1.54, 1.807) is 28.4 Å². The summed E-state index contributed by atoms with van der Waals surface area (Å²) in [6, 6.07) is 19.9. The fraction of sp³-hybridized carbons (Fsp3) is 0.400. The Morgan fingerprint density at radius 1 is 0.438 bits per heavy atom. The molecule has 0 atom stereocenters. The van der Waals surface area contributed by atoms with Crippen molar-refractivity contribution in [2.24, 2.45) is 0 Å². The van der Waals surface area contributed by atoms with Crippen molar-refractivity contribution in [3.63, 3.8) is 0 Å². The molecular formula is C40H48N2O6. The summed E-state index contributed by atoms with van der Waals surface area (Å²) < 4.78 is 24.4. The molecule has 1 aliphatic carbocycles. The Labute approximate surface area is 285 Å². The molecule has 0 spiro atoms. The van der Waals surface area contributed by atoms with Gasteiger partial charge in [0.25, 0.3) is 0 Å². The van der Waals surface area contributed by atoms with Gasteiger partial charge in [-0.2, -0.15) is 0 Å². The summed E-state index contributed by atoms with van der Waals surface area (Å²) >= 11 is 0. The molecule has 1 aliphatic rings. The molecule has 4 aromatic rings. The maximum absolute atomic E-state index is 13.6. The molecule has 0 aromatic heterocycles. The number of para-hydroxylation sites is 2. The Morgan fingerprint density at radius 2 is 0.667 bits per heavy atom. The molecule has 8 bridgehead atoms. The lowest BCUT2D eigenvalue weighted by Crippen LogP contribution is -2.37. The Bertz CT molecular complexity index is 1560. The molecule has 0 saturated heterocycles. The first kappa shape index (κ1) is 34.9. The molecule has 0 amide bonds. The Morgan fingerprint density at radius 3 is 0.875 bits per heavy atom. The maximum Gasteiger partial charge on any atom is 0.126 e. The van der Waals surface area contributed by atoms with Gasteiger partial charge in [-0.25, -0.2) is 10.1 Å². The molecule has 8 nitrogen and oxygen atoms in total. The van der Waals surface area contributed by atoms with Crippen LogP contribution >= 0.6 is 0 Å². The maximum atomic E-state index is 13.6. The molecule has 0 N–H and O–H groups in total. The van der Waals surface area contributed by atoms with E-state index in [1.807, 2.05) is 102 Å². The van der Waals surface area contributed by atoms with Gasteiger partial charge in [-0.3, -0.25) is 0 Å². The highest BCUT2D eigenvalue weighted by atomic mass is 16.5. The van der Waals surface area contributed by atoms with Gasteiger partial charge in [-0.15, -0.1) is 0 Å². The van der Waals surface area contributed by atoms with E-state index in [0.717, 1.165) is 77.6 Å². The lowest BCUT2D eigenvalue weighted by atomic mass is 9.90. The summed E-state index contributed by atoms with van der Waals surface area (Å²) in [7, 11) is 6.70. The fourth-order valence-electron chi connectivity index (χ4n) is 6.71. The largest absolute Gasteiger partial charge is 0.496 e. The minimum Gasteiger partial charge on any atom is -0.496 e. The quantitative estimate of drug-likeness (QED) is 0.172. The molecule has 4 aromatic carbocycles. The normalized spacial score (nSPS) is 13.1. The van der Waals surface area contributed by atoms with Gasteiger partial charge in [-0.1, -0.05) is 46.8 Å². The molecule has 0 saturated carbocycles. The van der Waals surface area contributed by atoms with Gasteiger partial charge in [-0.05, 0) is 88.1 Å². The van der Waals surface area contributed by atoms with Crippen molar-refractivity contribution in [2.75, 3.05) is 38.6 Å². The number of rotatable bonds is 6. The molecule has 2 radical (unpaired) electrons. The topological polar surface area (TPSA) is 83.2 Å². The summed E-state index contributed by atoms with van der Waals surface area (Å²) in [5.74, 6) is 2.93. The van der Waals surface area contributed by atoms with Crippen molar-refractivity contribution >= 4 is 11.4 Å². The lowest BCUT2D eigenvalue weighted by molar-refractivity contribution is 0.102. The lowest BCUT2D eigenvalue weighted by Gasteiger charge is -2.30. The molecule has 254 valence electrons. The first-order chi connectivity index (χ1) is 22.7. The van der Waals surface area contributed by atoms with Gasteiger partial charge in [0, 0.05) is 47.9 Å². The van der Waals surface area contributed by atoms with Crippen LogP contribution in [0, 0.1) is 0 Å². The number of anilines is 2. The van der Waals surface area contributed by atoms with Gasteiger partial charge in [0.05, 0.1) is 50.9 Å². The van der Waals surface area contributed by atoms with Crippen LogP contribution in [-0.4, -0.2) is 39.5 Å². The van der Waals surface area contributed by atoms with Gasteiger partial charge in [0.15, 0.2) is 0 Å². The molecule has 48 heavy (non-hydrogen) atoms. The number of hydrogen-bond acceptors (Lipinski definition) is 6. The minimum atomic E-state index is -0.646. The standard InChI is InChI=1S/C40H48N2O6/c1-39(2,3)41(43)33-21-29-17-25-13-11-15-27(35(25)45-7)19-31-23-34(42(44)40(4,5)6)24-32(38(31)48-10)20-28-16-12-14-26(36(28)46-8)18-30(22-33)37(29)47-9/h11-16,21-24H,17-20H2,1-10H3. The van der Waals surface area contributed by atoms with E-state index < -0.39 is 11.1 Å². The van der Waals surface area contributed by atoms with E-state index in [1.165, 1.54) is 0 Å². The van der Waals surface area contributed by atoms with E-state index in [4.69, 9.17) is 18.9 Å². The van der Waals surface area contributed by atoms with Crippen LogP contribution in [0.4, 0.5) is 11.4 Å². The van der Waals surface area contributed by atoms with E-state index in [0.29, 0.717) is 37.1 Å². The van der Waals surface area contributed by atoms with Gasteiger partial charge < -0.3 is 18.9 Å². The van der Waals surface area contributed by atoms with Crippen molar-refractivity contribution in [3.8, 4) is 23.0 Å².